The van der Waals surface area contributed by atoms with Gasteiger partial charge in [-0.3, -0.25) is 14.4 Å². The Hall–Kier alpha value is -2.63. The molecule has 2 N–H and O–H groups in total. The van der Waals surface area contributed by atoms with Gasteiger partial charge in [-0.05, 0) is 103 Å². The Kier molecular flexibility index (Phi) is 32.2. The third-order valence-electron chi connectivity index (χ3n) is 7.86. The van der Waals surface area contributed by atoms with Crippen molar-refractivity contribution < 1.29 is 29.3 Å². The molecule has 0 bridgehead atoms. The summed E-state index contributed by atoms with van der Waals surface area (Å²) in [6.45, 7) is 1.53. The van der Waals surface area contributed by atoms with Gasteiger partial charge in [0, 0.05) is 19.8 Å². The van der Waals surface area contributed by atoms with Crippen molar-refractivity contribution in [3.63, 3.8) is 0 Å². The predicted molar refractivity (Wildman–Crippen MR) is 187 cm³/mol. The van der Waals surface area contributed by atoms with Crippen molar-refractivity contribution in [1.82, 2.24) is 0 Å². The van der Waals surface area contributed by atoms with E-state index in [1.807, 2.05) is 0 Å². The first-order valence-corrected chi connectivity index (χ1v) is 18.1. The van der Waals surface area contributed by atoms with E-state index in [0.29, 0.717) is 0 Å². The van der Waals surface area contributed by atoms with E-state index < -0.39 is 11.9 Å². The number of hydrogen-bond acceptors (Lipinski definition) is 4. The molecule has 0 rings (SSSR count). The number of esters is 1. The van der Waals surface area contributed by atoms with E-state index >= 15 is 0 Å². The maximum atomic E-state index is 11.6. The van der Waals surface area contributed by atoms with Gasteiger partial charge in [-0.1, -0.05) is 100.0 Å². The Morgan fingerprint density at radius 1 is 0.467 bits per heavy atom. The molecule has 6 nitrogen and oxygen atoms in total. The summed E-state index contributed by atoms with van der Waals surface area (Å²) in [7, 11) is 0. The molecule has 0 aromatic carbocycles. The fourth-order valence-corrected chi connectivity index (χ4v) is 5.27. The van der Waals surface area contributed by atoms with Crippen molar-refractivity contribution in [2.24, 2.45) is 0 Å². The zero-order valence-corrected chi connectivity index (χ0v) is 28.6. The quantitative estimate of drug-likeness (QED) is 0.0425. The topological polar surface area (TPSA) is 101 Å². The van der Waals surface area contributed by atoms with Crippen LogP contribution in [0.1, 0.15) is 174 Å². The molecular formula is C39H66O6. The molecule has 0 radical (unpaired) electrons. The van der Waals surface area contributed by atoms with Crippen molar-refractivity contribution in [3.8, 4) is 0 Å². The highest BCUT2D eigenvalue weighted by atomic mass is 16.5. The number of aliphatic carboxylic acids is 2. The van der Waals surface area contributed by atoms with E-state index in [4.69, 9.17) is 14.9 Å². The molecule has 0 amide bonds. The van der Waals surface area contributed by atoms with Crippen LogP contribution in [0.3, 0.4) is 0 Å². The molecule has 258 valence electrons. The lowest BCUT2D eigenvalue weighted by Crippen LogP contribution is -2.16. The number of unbranched alkanes of at least 4 members (excludes halogenated alkanes) is 16. The van der Waals surface area contributed by atoms with Crippen LogP contribution < -0.4 is 0 Å². The zero-order valence-electron chi connectivity index (χ0n) is 28.6. The summed E-state index contributed by atoms with van der Waals surface area (Å²) in [5.41, 5.74) is 0. The summed E-state index contributed by atoms with van der Waals surface area (Å²) in [4.78, 5) is 32.5. The van der Waals surface area contributed by atoms with Crippen LogP contribution in [0.4, 0.5) is 0 Å². The smallest absolute Gasteiger partial charge is 0.303 e. The van der Waals surface area contributed by atoms with Gasteiger partial charge in [0.05, 0.1) is 0 Å². The minimum Gasteiger partial charge on any atom is -0.481 e. The molecular weight excluding hydrogens is 564 g/mol. The fourth-order valence-electron chi connectivity index (χ4n) is 5.27. The summed E-state index contributed by atoms with van der Waals surface area (Å²) in [6, 6.07) is 0. The molecule has 0 atom stereocenters. The molecule has 0 aromatic heterocycles. The van der Waals surface area contributed by atoms with Gasteiger partial charge in [0.25, 0.3) is 0 Å². The van der Waals surface area contributed by atoms with E-state index in [1.165, 1.54) is 71.1 Å². The first-order chi connectivity index (χ1) is 21.9. The third-order valence-corrected chi connectivity index (χ3v) is 7.86. The molecule has 0 aliphatic rings. The highest BCUT2D eigenvalue weighted by Crippen LogP contribution is 2.17. The third kappa shape index (κ3) is 37.5. The minimum atomic E-state index is -0.707. The monoisotopic (exact) mass is 630 g/mol. The molecule has 0 fully saturated rings. The normalized spacial score (nSPS) is 12.0. The van der Waals surface area contributed by atoms with Gasteiger partial charge >= 0.3 is 17.9 Å². The van der Waals surface area contributed by atoms with Crippen LogP contribution in [0.15, 0.2) is 48.6 Å². The van der Waals surface area contributed by atoms with Crippen LogP contribution in [0, 0.1) is 0 Å². The van der Waals surface area contributed by atoms with Crippen LogP contribution in [-0.4, -0.2) is 34.2 Å². The van der Waals surface area contributed by atoms with E-state index in [1.54, 1.807) is 0 Å². The lowest BCUT2D eigenvalue weighted by Gasteiger charge is -2.17. The average molecular weight is 631 g/mol. The lowest BCUT2D eigenvalue weighted by atomic mass is 10.0. The summed E-state index contributed by atoms with van der Waals surface area (Å²) in [6.07, 6.45) is 44.5. The highest BCUT2D eigenvalue weighted by Gasteiger charge is 2.11. The van der Waals surface area contributed by atoms with Crippen LogP contribution in [-0.2, 0) is 19.1 Å². The molecule has 0 spiro atoms. The van der Waals surface area contributed by atoms with Gasteiger partial charge in [0.15, 0.2) is 0 Å². The Morgan fingerprint density at radius 2 is 0.778 bits per heavy atom. The summed E-state index contributed by atoms with van der Waals surface area (Å²) >= 11 is 0. The second-order valence-electron chi connectivity index (χ2n) is 12.3. The number of hydrogen-bond donors (Lipinski definition) is 2. The summed E-state index contributed by atoms with van der Waals surface area (Å²) < 4.78 is 5.61. The van der Waals surface area contributed by atoms with Crippen molar-refractivity contribution >= 4 is 17.9 Å². The number of carboxylic acids is 2. The number of rotatable bonds is 33. The Balaban J connectivity index is 3.64. The number of allylic oxidation sites excluding steroid dienone is 8. The Labute approximate surface area is 275 Å². The Morgan fingerprint density at radius 3 is 1.11 bits per heavy atom. The van der Waals surface area contributed by atoms with E-state index in [2.05, 4.69) is 48.6 Å². The average Bonchev–Trinajstić information content (AvgIpc) is 2.99. The minimum absolute atomic E-state index is 0.0790. The van der Waals surface area contributed by atoms with E-state index in [9.17, 15) is 14.4 Å². The first-order valence-electron chi connectivity index (χ1n) is 18.1. The molecule has 0 saturated heterocycles. The SMILES string of the molecule is CC(=O)OC(CCCCCCCC/C=C\C/C=C\CCCCC(=O)O)CCCCCCCC/C=C\C/C=C\CCCCC(=O)O. The van der Waals surface area contributed by atoms with Crippen molar-refractivity contribution in [2.75, 3.05) is 0 Å². The first kappa shape index (κ1) is 42.4. The zero-order chi connectivity index (χ0) is 33.1. The molecule has 0 aromatic rings. The molecule has 0 aliphatic heterocycles. The number of carboxylic acid groups (broad SMARTS) is 2. The van der Waals surface area contributed by atoms with Gasteiger partial charge in [-0.15, -0.1) is 0 Å². The van der Waals surface area contributed by atoms with Gasteiger partial charge < -0.3 is 14.9 Å². The summed E-state index contributed by atoms with van der Waals surface area (Å²) in [5, 5.41) is 17.2. The second kappa shape index (κ2) is 34.2. The largest absolute Gasteiger partial charge is 0.481 e. The van der Waals surface area contributed by atoms with Crippen molar-refractivity contribution in [3.05, 3.63) is 48.6 Å². The maximum absolute atomic E-state index is 11.6. The molecule has 0 heterocycles. The second-order valence-corrected chi connectivity index (χ2v) is 12.3. The van der Waals surface area contributed by atoms with Crippen LogP contribution >= 0.6 is 0 Å². The van der Waals surface area contributed by atoms with Crippen LogP contribution in [0.2, 0.25) is 0 Å². The van der Waals surface area contributed by atoms with Gasteiger partial charge in [0.2, 0.25) is 0 Å². The number of carbonyl (C=O) groups is 3. The standard InChI is InChI=1S/C39H66O6/c1-36(40)45-37(32-28-24-20-16-12-8-4-2-6-10-14-18-22-26-30-34-38(41)42)33-29-25-21-17-13-9-5-3-7-11-15-19-23-27-31-35-39(43)44/h2-3,6-7,14-15,18-19,37H,4-5,8-13,16-17,20-35H2,1H3,(H,41,42)(H,43,44)/b6-2-,7-3-,18-14-,19-15-. The van der Waals surface area contributed by atoms with E-state index in [0.717, 1.165) is 89.9 Å². The van der Waals surface area contributed by atoms with Gasteiger partial charge in [-0.2, -0.15) is 0 Å². The molecule has 6 heteroatoms. The van der Waals surface area contributed by atoms with Gasteiger partial charge in [0.1, 0.15) is 6.10 Å². The van der Waals surface area contributed by atoms with E-state index in [-0.39, 0.29) is 24.9 Å². The fraction of sp³-hybridized carbons (Fsp3) is 0.718. The van der Waals surface area contributed by atoms with Crippen LogP contribution in [0.5, 0.6) is 0 Å². The highest BCUT2D eigenvalue weighted by molar-refractivity contribution is 5.67. The van der Waals surface area contributed by atoms with Crippen LogP contribution in [0.25, 0.3) is 0 Å². The Bertz CT molecular complexity index is 765. The lowest BCUT2D eigenvalue weighted by molar-refractivity contribution is -0.147. The molecule has 0 aliphatic carbocycles. The summed E-state index contributed by atoms with van der Waals surface area (Å²) in [5.74, 6) is -1.57. The predicted octanol–water partition coefficient (Wildman–Crippen LogP) is 11.5. The van der Waals surface area contributed by atoms with Crippen molar-refractivity contribution in [2.45, 2.75) is 180 Å². The maximum Gasteiger partial charge on any atom is 0.303 e. The molecule has 0 saturated carbocycles. The number of carbonyl (C=O) groups excluding carboxylic acids is 1. The van der Waals surface area contributed by atoms with Crippen molar-refractivity contribution in [1.29, 1.82) is 0 Å². The molecule has 45 heavy (non-hydrogen) atoms. The number of ether oxygens (including phenoxy) is 1. The molecule has 0 unspecified atom stereocenters. The van der Waals surface area contributed by atoms with Gasteiger partial charge in [-0.25, -0.2) is 0 Å².